The molecule has 1 aromatic carbocycles. The number of hydrogen-bond acceptors (Lipinski definition) is 3. The van der Waals surface area contributed by atoms with Gasteiger partial charge in [-0.2, -0.15) is 0 Å². The van der Waals surface area contributed by atoms with Gasteiger partial charge in [0.05, 0.1) is 4.88 Å². The van der Waals surface area contributed by atoms with Crippen LogP contribution in [0.5, 0.6) is 5.75 Å². The number of halogens is 1. The summed E-state index contributed by atoms with van der Waals surface area (Å²) in [5.41, 5.74) is 1.00. The van der Waals surface area contributed by atoms with Crippen LogP contribution in [0.2, 0.25) is 5.02 Å². The van der Waals surface area contributed by atoms with Crippen LogP contribution in [0.3, 0.4) is 0 Å². The lowest BCUT2D eigenvalue weighted by atomic mass is 10.2. The summed E-state index contributed by atoms with van der Waals surface area (Å²) in [6, 6.07) is 9.56. The van der Waals surface area contributed by atoms with Crippen molar-refractivity contribution in [2.24, 2.45) is 0 Å². The third-order valence-electron chi connectivity index (χ3n) is 3.77. The maximum Gasteiger partial charge on any atom is 0.261 e. The van der Waals surface area contributed by atoms with E-state index >= 15 is 0 Å². The smallest absolute Gasteiger partial charge is 0.261 e. The Hall–Kier alpha value is -1.52. The lowest BCUT2D eigenvalue weighted by Crippen LogP contribution is -2.31. The van der Waals surface area contributed by atoms with Crippen molar-refractivity contribution in [3.8, 4) is 5.75 Å². The molecule has 22 heavy (non-hydrogen) atoms. The van der Waals surface area contributed by atoms with Gasteiger partial charge in [-0.25, -0.2) is 0 Å². The van der Waals surface area contributed by atoms with Gasteiger partial charge in [-0.3, -0.25) is 4.79 Å². The number of carbonyl (C=O) groups is 1. The van der Waals surface area contributed by atoms with Crippen LogP contribution in [-0.4, -0.2) is 11.9 Å². The van der Waals surface area contributed by atoms with Gasteiger partial charge in [0.1, 0.15) is 12.4 Å². The van der Waals surface area contributed by atoms with E-state index in [4.69, 9.17) is 16.3 Å². The molecule has 0 saturated heterocycles. The number of nitrogens with one attached hydrogen (secondary N) is 1. The van der Waals surface area contributed by atoms with Gasteiger partial charge < -0.3 is 10.1 Å². The van der Waals surface area contributed by atoms with E-state index in [9.17, 15) is 4.79 Å². The quantitative estimate of drug-likeness (QED) is 0.863. The normalized spacial score (nSPS) is 15.0. The van der Waals surface area contributed by atoms with E-state index in [1.807, 2.05) is 29.6 Å². The molecule has 0 atom stereocenters. The minimum absolute atomic E-state index is 0.0332. The molecule has 0 aliphatic heterocycles. The number of carbonyl (C=O) groups excluding carboxylic acids is 1. The molecule has 0 spiro atoms. The van der Waals surface area contributed by atoms with Gasteiger partial charge in [0.15, 0.2) is 0 Å². The first-order valence-corrected chi connectivity index (χ1v) is 8.73. The lowest BCUT2D eigenvalue weighted by molar-refractivity contribution is 0.0942. The first kappa shape index (κ1) is 15.4. The third-order valence-corrected chi connectivity index (χ3v) is 4.98. The van der Waals surface area contributed by atoms with E-state index in [2.05, 4.69) is 5.32 Å². The summed E-state index contributed by atoms with van der Waals surface area (Å²) in [6.07, 6.45) is 4.63. The summed E-state index contributed by atoms with van der Waals surface area (Å²) in [6.45, 7) is 0.438. The molecule has 1 aromatic heterocycles. The molecule has 2 aromatic rings. The van der Waals surface area contributed by atoms with Crippen LogP contribution in [0.4, 0.5) is 0 Å². The van der Waals surface area contributed by atoms with E-state index in [1.165, 1.54) is 24.2 Å². The summed E-state index contributed by atoms with van der Waals surface area (Å²) in [5.74, 6) is 0.765. The van der Waals surface area contributed by atoms with Gasteiger partial charge in [-0.05, 0) is 42.5 Å². The van der Waals surface area contributed by atoms with Crippen molar-refractivity contribution in [2.75, 3.05) is 0 Å². The van der Waals surface area contributed by atoms with E-state index in [1.54, 1.807) is 6.07 Å². The Bertz CT molecular complexity index is 650. The van der Waals surface area contributed by atoms with Crippen LogP contribution in [0.1, 0.15) is 40.9 Å². The lowest BCUT2D eigenvalue weighted by Gasteiger charge is -2.10. The first-order valence-electron chi connectivity index (χ1n) is 7.47. The average Bonchev–Trinajstić information content (AvgIpc) is 3.16. The summed E-state index contributed by atoms with van der Waals surface area (Å²) < 4.78 is 5.69. The molecule has 1 heterocycles. The number of hydrogen-bond donors (Lipinski definition) is 1. The number of thiophene rings is 1. The number of amides is 1. The maximum absolute atomic E-state index is 12.2. The van der Waals surface area contributed by atoms with Gasteiger partial charge in [0.25, 0.3) is 5.91 Å². The van der Waals surface area contributed by atoms with Gasteiger partial charge in [-0.1, -0.05) is 30.5 Å². The Morgan fingerprint density at radius 1 is 1.32 bits per heavy atom. The standard InChI is InChI=1S/C17H18ClNO2S/c18-13-4-3-7-15(9-13)21-10-12-8-16(22-11-12)17(20)19-14-5-1-2-6-14/h3-4,7-9,11,14H,1-2,5-6,10H2,(H,19,20). The van der Waals surface area contributed by atoms with Gasteiger partial charge >= 0.3 is 0 Å². The summed E-state index contributed by atoms with van der Waals surface area (Å²) in [5, 5.41) is 5.72. The fourth-order valence-electron chi connectivity index (χ4n) is 2.62. The van der Waals surface area contributed by atoms with Gasteiger partial charge in [0.2, 0.25) is 0 Å². The third kappa shape index (κ3) is 4.02. The molecule has 1 N–H and O–H groups in total. The molecular weight excluding hydrogens is 318 g/mol. The average molecular weight is 336 g/mol. The summed E-state index contributed by atoms with van der Waals surface area (Å²) >= 11 is 7.38. The van der Waals surface area contributed by atoms with Crippen LogP contribution < -0.4 is 10.1 Å². The van der Waals surface area contributed by atoms with Crippen molar-refractivity contribution in [3.63, 3.8) is 0 Å². The molecule has 0 radical (unpaired) electrons. The van der Waals surface area contributed by atoms with Crippen molar-refractivity contribution in [1.82, 2.24) is 5.32 Å². The summed E-state index contributed by atoms with van der Waals surface area (Å²) in [4.78, 5) is 12.9. The highest BCUT2D eigenvalue weighted by Gasteiger charge is 2.18. The van der Waals surface area contributed by atoms with E-state index in [0.29, 0.717) is 17.7 Å². The topological polar surface area (TPSA) is 38.3 Å². The second-order valence-electron chi connectivity index (χ2n) is 5.52. The van der Waals surface area contributed by atoms with Crippen molar-refractivity contribution in [3.05, 3.63) is 51.2 Å². The maximum atomic E-state index is 12.2. The zero-order chi connectivity index (χ0) is 15.4. The van der Waals surface area contributed by atoms with E-state index in [0.717, 1.165) is 29.0 Å². The predicted molar refractivity (Wildman–Crippen MR) is 89.8 cm³/mol. The van der Waals surface area contributed by atoms with Crippen LogP contribution >= 0.6 is 22.9 Å². The molecule has 1 amide bonds. The first-order chi connectivity index (χ1) is 10.7. The molecule has 5 heteroatoms. The highest BCUT2D eigenvalue weighted by molar-refractivity contribution is 7.12. The molecule has 1 aliphatic carbocycles. The van der Waals surface area contributed by atoms with Gasteiger partial charge in [-0.15, -0.1) is 11.3 Å². The molecule has 0 unspecified atom stereocenters. The van der Waals surface area contributed by atoms with Crippen LogP contribution in [0.15, 0.2) is 35.7 Å². The second-order valence-corrected chi connectivity index (χ2v) is 6.87. The van der Waals surface area contributed by atoms with Crippen molar-refractivity contribution in [2.45, 2.75) is 38.3 Å². The number of benzene rings is 1. The fraction of sp³-hybridized carbons (Fsp3) is 0.353. The zero-order valence-electron chi connectivity index (χ0n) is 12.2. The highest BCUT2D eigenvalue weighted by Crippen LogP contribution is 2.22. The zero-order valence-corrected chi connectivity index (χ0v) is 13.8. The second kappa shape index (κ2) is 7.16. The monoisotopic (exact) mass is 335 g/mol. The summed E-state index contributed by atoms with van der Waals surface area (Å²) in [7, 11) is 0. The molecule has 1 saturated carbocycles. The minimum Gasteiger partial charge on any atom is -0.489 e. The predicted octanol–water partition coefficient (Wildman–Crippen LogP) is 4.65. The van der Waals surface area contributed by atoms with Crippen molar-refractivity contribution in [1.29, 1.82) is 0 Å². The molecule has 1 fully saturated rings. The molecular formula is C17H18ClNO2S. The van der Waals surface area contributed by atoms with Crippen LogP contribution in [0, 0.1) is 0 Å². The Labute approximate surface area is 139 Å². The largest absolute Gasteiger partial charge is 0.489 e. The highest BCUT2D eigenvalue weighted by atomic mass is 35.5. The SMILES string of the molecule is O=C(NC1CCCC1)c1cc(COc2cccc(Cl)c2)cs1. The van der Waals surface area contributed by atoms with Crippen molar-refractivity contribution < 1.29 is 9.53 Å². The Morgan fingerprint density at radius 3 is 2.91 bits per heavy atom. The molecule has 3 rings (SSSR count). The minimum atomic E-state index is 0.0332. The Balaban J connectivity index is 1.55. The molecule has 1 aliphatic rings. The number of rotatable bonds is 5. The van der Waals surface area contributed by atoms with E-state index in [-0.39, 0.29) is 5.91 Å². The number of ether oxygens (including phenoxy) is 1. The molecule has 3 nitrogen and oxygen atoms in total. The molecule has 116 valence electrons. The van der Waals surface area contributed by atoms with E-state index < -0.39 is 0 Å². The van der Waals surface area contributed by atoms with Crippen molar-refractivity contribution >= 4 is 28.8 Å². The Kier molecular flexibility index (Phi) is 5.01. The fourth-order valence-corrected chi connectivity index (χ4v) is 3.60. The van der Waals surface area contributed by atoms with Crippen LogP contribution in [0.25, 0.3) is 0 Å². The van der Waals surface area contributed by atoms with Gasteiger partial charge in [0, 0.05) is 16.6 Å². The Morgan fingerprint density at radius 2 is 2.14 bits per heavy atom. The van der Waals surface area contributed by atoms with Crippen LogP contribution in [-0.2, 0) is 6.61 Å². The molecule has 0 bridgehead atoms.